The van der Waals surface area contributed by atoms with Gasteiger partial charge in [0.1, 0.15) is 0 Å². The summed E-state index contributed by atoms with van der Waals surface area (Å²) in [6, 6.07) is 21.1. The molecular formula is C16H16S3. The lowest BCUT2D eigenvalue weighted by molar-refractivity contribution is 1.40. The molecule has 2 rings (SSSR count). The summed E-state index contributed by atoms with van der Waals surface area (Å²) in [5.41, 5.74) is 2.71. The molecule has 0 unspecified atom stereocenters. The summed E-state index contributed by atoms with van der Waals surface area (Å²) in [5.74, 6) is 2.03. The van der Waals surface area contributed by atoms with Crippen LogP contribution in [0.15, 0.2) is 60.7 Å². The van der Waals surface area contributed by atoms with Crippen LogP contribution in [0.5, 0.6) is 0 Å². The Morgan fingerprint density at radius 1 is 0.789 bits per heavy atom. The van der Waals surface area contributed by atoms with Gasteiger partial charge >= 0.3 is 0 Å². The van der Waals surface area contributed by atoms with Gasteiger partial charge in [0.15, 0.2) is 0 Å². The Morgan fingerprint density at radius 3 is 1.58 bits per heavy atom. The highest BCUT2D eigenvalue weighted by atomic mass is 32.2. The normalized spacial score (nSPS) is 10.6. The van der Waals surface area contributed by atoms with Crippen molar-refractivity contribution < 1.29 is 0 Å². The molecule has 2 aromatic rings. The van der Waals surface area contributed by atoms with Crippen LogP contribution in [0, 0.1) is 0 Å². The van der Waals surface area contributed by atoms with Crippen LogP contribution >= 0.6 is 35.7 Å². The molecule has 0 fully saturated rings. The Morgan fingerprint density at radius 2 is 1.21 bits per heavy atom. The Kier molecular flexibility index (Phi) is 6.48. The molecule has 0 aromatic heterocycles. The molecule has 0 saturated carbocycles. The van der Waals surface area contributed by atoms with E-state index in [2.05, 4.69) is 60.7 Å². The summed E-state index contributed by atoms with van der Waals surface area (Å²) < 4.78 is 0.371. The minimum absolute atomic E-state index is 0.371. The van der Waals surface area contributed by atoms with Crippen molar-refractivity contribution in [2.24, 2.45) is 0 Å². The molecule has 0 atom stereocenters. The molecule has 2 aromatic carbocycles. The van der Waals surface area contributed by atoms with Crippen molar-refractivity contribution in [2.45, 2.75) is 16.1 Å². The summed E-state index contributed by atoms with van der Waals surface area (Å²) in [5, 5.41) is 1.88. The third-order valence-corrected chi connectivity index (χ3v) is 5.99. The Hall–Kier alpha value is -0.770. The molecule has 3 heteroatoms. The van der Waals surface area contributed by atoms with Crippen LogP contribution in [-0.2, 0) is 11.5 Å². The van der Waals surface area contributed by atoms with E-state index in [1.807, 2.05) is 28.9 Å². The van der Waals surface area contributed by atoms with Gasteiger partial charge in [0, 0.05) is 16.9 Å². The SMILES string of the molecule is S=CC(SCc1ccccc1)SCc1ccccc1. The average molecular weight is 305 g/mol. The van der Waals surface area contributed by atoms with Gasteiger partial charge in [0.2, 0.25) is 0 Å². The summed E-state index contributed by atoms with van der Waals surface area (Å²) in [4.78, 5) is 0. The van der Waals surface area contributed by atoms with E-state index in [1.54, 1.807) is 0 Å². The maximum Gasteiger partial charge on any atom is 0.0790 e. The van der Waals surface area contributed by atoms with Gasteiger partial charge in [-0.3, -0.25) is 0 Å². The van der Waals surface area contributed by atoms with Crippen LogP contribution in [0.25, 0.3) is 0 Å². The van der Waals surface area contributed by atoms with Gasteiger partial charge in [-0.2, -0.15) is 0 Å². The van der Waals surface area contributed by atoms with Crippen molar-refractivity contribution in [2.75, 3.05) is 0 Å². The molecule has 19 heavy (non-hydrogen) atoms. The van der Waals surface area contributed by atoms with Crippen LogP contribution in [0.1, 0.15) is 11.1 Å². The highest BCUT2D eigenvalue weighted by molar-refractivity contribution is 8.18. The largest absolute Gasteiger partial charge is 0.138 e. The number of benzene rings is 2. The summed E-state index contributed by atoms with van der Waals surface area (Å²) in [6.07, 6.45) is 0. The maximum atomic E-state index is 5.14. The lowest BCUT2D eigenvalue weighted by atomic mass is 10.2. The van der Waals surface area contributed by atoms with Gasteiger partial charge in [-0.05, 0) is 11.1 Å². The molecule has 0 amide bonds. The summed E-state index contributed by atoms with van der Waals surface area (Å²) in [6.45, 7) is 0. The molecule has 0 nitrogen and oxygen atoms in total. The van der Waals surface area contributed by atoms with Gasteiger partial charge in [-0.25, -0.2) is 0 Å². The molecule has 0 saturated heterocycles. The topological polar surface area (TPSA) is 0 Å². The predicted molar refractivity (Wildman–Crippen MR) is 92.9 cm³/mol. The van der Waals surface area contributed by atoms with Crippen molar-refractivity contribution in [1.82, 2.24) is 0 Å². The van der Waals surface area contributed by atoms with E-state index in [4.69, 9.17) is 12.2 Å². The van der Waals surface area contributed by atoms with Gasteiger partial charge in [-0.15, -0.1) is 23.5 Å². The minimum atomic E-state index is 0.371. The third-order valence-electron chi connectivity index (χ3n) is 2.63. The van der Waals surface area contributed by atoms with Crippen molar-refractivity contribution >= 4 is 41.1 Å². The van der Waals surface area contributed by atoms with E-state index in [1.165, 1.54) is 11.1 Å². The van der Waals surface area contributed by atoms with E-state index in [0.717, 1.165) is 11.5 Å². The second-order valence-corrected chi connectivity index (χ2v) is 6.93. The van der Waals surface area contributed by atoms with Gasteiger partial charge in [0.05, 0.1) is 4.58 Å². The van der Waals surface area contributed by atoms with Gasteiger partial charge in [-0.1, -0.05) is 72.9 Å². The molecule has 0 aliphatic carbocycles. The standard InChI is InChI=1S/C16H16S3/c17-11-16(18-12-14-7-3-1-4-8-14)19-13-15-9-5-2-6-10-15/h1-11,16H,12-13H2. The van der Waals surface area contributed by atoms with Crippen LogP contribution in [0.3, 0.4) is 0 Å². The summed E-state index contributed by atoms with van der Waals surface area (Å²) >= 11 is 8.93. The quantitative estimate of drug-likeness (QED) is 0.511. The van der Waals surface area contributed by atoms with Crippen LogP contribution < -0.4 is 0 Å². The number of hydrogen-bond acceptors (Lipinski definition) is 3. The lowest BCUT2D eigenvalue weighted by Crippen LogP contribution is -1.98. The second kappa shape index (κ2) is 8.41. The maximum absolute atomic E-state index is 5.14. The average Bonchev–Trinajstić information content (AvgIpc) is 2.49. The second-order valence-electron chi connectivity index (χ2n) is 4.10. The highest BCUT2D eigenvalue weighted by Gasteiger charge is 2.06. The van der Waals surface area contributed by atoms with E-state index in [0.29, 0.717) is 4.58 Å². The molecule has 0 aliphatic rings. The van der Waals surface area contributed by atoms with Crippen molar-refractivity contribution in [3.8, 4) is 0 Å². The zero-order chi connectivity index (χ0) is 13.3. The first-order chi connectivity index (χ1) is 9.38. The van der Waals surface area contributed by atoms with Crippen molar-refractivity contribution in [3.63, 3.8) is 0 Å². The molecular weight excluding hydrogens is 288 g/mol. The van der Waals surface area contributed by atoms with E-state index in [9.17, 15) is 0 Å². The lowest BCUT2D eigenvalue weighted by Gasteiger charge is -2.11. The first-order valence-corrected chi connectivity index (χ1v) is 8.72. The molecule has 0 bridgehead atoms. The van der Waals surface area contributed by atoms with E-state index in [-0.39, 0.29) is 0 Å². The van der Waals surface area contributed by atoms with Crippen LogP contribution in [0.4, 0.5) is 0 Å². The number of thiocarbonyl (C=S) groups is 1. The zero-order valence-electron chi connectivity index (χ0n) is 10.6. The number of hydrogen-bond donors (Lipinski definition) is 0. The Balaban J connectivity index is 1.79. The van der Waals surface area contributed by atoms with Crippen molar-refractivity contribution in [3.05, 3.63) is 71.8 Å². The molecule has 98 valence electrons. The molecule has 0 heterocycles. The Bertz CT molecular complexity index is 438. The highest BCUT2D eigenvalue weighted by Crippen LogP contribution is 2.28. The van der Waals surface area contributed by atoms with Crippen molar-refractivity contribution in [1.29, 1.82) is 0 Å². The van der Waals surface area contributed by atoms with E-state index < -0.39 is 0 Å². The molecule has 0 spiro atoms. The van der Waals surface area contributed by atoms with Gasteiger partial charge in [0.25, 0.3) is 0 Å². The number of rotatable bonds is 7. The minimum Gasteiger partial charge on any atom is -0.138 e. The fraction of sp³-hybridized carbons (Fsp3) is 0.188. The molecule has 0 N–H and O–H groups in total. The summed E-state index contributed by atoms with van der Waals surface area (Å²) in [7, 11) is 0. The fourth-order valence-corrected chi connectivity index (χ4v) is 4.15. The molecule has 0 aliphatic heterocycles. The monoisotopic (exact) mass is 304 g/mol. The predicted octanol–water partition coefficient (Wildman–Crippen LogP) is 5.18. The van der Waals surface area contributed by atoms with Crippen LogP contribution in [-0.4, -0.2) is 9.95 Å². The fourth-order valence-electron chi connectivity index (χ4n) is 1.63. The van der Waals surface area contributed by atoms with Crippen LogP contribution in [0.2, 0.25) is 0 Å². The zero-order valence-corrected chi connectivity index (χ0v) is 13.0. The van der Waals surface area contributed by atoms with Gasteiger partial charge < -0.3 is 0 Å². The first-order valence-electron chi connectivity index (χ1n) is 6.15. The van der Waals surface area contributed by atoms with E-state index >= 15 is 0 Å². The number of thioether (sulfide) groups is 2. The third kappa shape index (κ3) is 5.39. The molecule has 0 radical (unpaired) electrons. The first kappa shape index (κ1) is 14.6. The Labute approximate surface area is 129 Å². The smallest absolute Gasteiger partial charge is 0.0790 e.